The minimum atomic E-state index is 0.0857. The summed E-state index contributed by atoms with van der Waals surface area (Å²) in [5, 5.41) is 4.68. The van der Waals surface area contributed by atoms with Gasteiger partial charge in [0, 0.05) is 13.2 Å². The van der Waals surface area contributed by atoms with E-state index in [1.165, 1.54) is 23.4 Å². The largest absolute Gasteiger partial charge is 0.381 e. The standard InChI is InChI=1S/C14H19N3O2/c18-14(10-4-7-19-9-10)16-5-6-17-13(8-16)11-2-1-3-12(11)15-17/h10H,1-9H2/t10-/m1/s1. The zero-order valence-corrected chi connectivity index (χ0v) is 11.1. The molecule has 3 aliphatic rings. The Morgan fingerprint density at radius 3 is 3.11 bits per heavy atom. The molecule has 0 radical (unpaired) electrons. The van der Waals surface area contributed by atoms with Gasteiger partial charge in [-0.2, -0.15) is 5.10 Å². The summed E-state index contributed by atoms with van der Waals surface area (Å²) in [5.74, 6) is 0.360. The van der Waals surface area contributed by atoms with Crippen LogP contribution in [0.2, 0.25) is 0 Å². The van der Waals surface area contributed by atoms with Crippen molar-refractivity contribution in [3.8, 4) is 0 Å². The summed E-state index contributed by atoms with van der Waals surface area (Å²) >= 11 is 0. The highest BCUT2D eigenvalue weighted by atomic mass is 16.5. The summed E-state index contributed by atoms with van der Waals surface area (Å²) in [4.78, 5) is 14.5. The summed E-state index contributed by atoms with van der Waals surface area (Å²) in [7, 11) is 0. The maximum atomic E-state index is 12.4. The molecular formula is C14H19N3O2. The Balaban J connectivity index is 1.56. The Hall–Kier alpha value is -1.36. The van der Waals surface area contributed by atoms with E-state index < -0.39 is 0 Å². The van der Waals surface area contributed by atoms with Crippen molar-refractivity contribution in [2.45, 2.75) is 38.8 Å². The zero-order valence-electron chi connectivity index (χ0n) is 11.1. The van der Waals surface area contributed by atoms with E-state index in [-0.39, 0.29) is 11.8 Å². The number of hydrogen-bond acceptors (Lipinski definition) is 3. The normalized spacial score (nSPS) is 25.5. The monoisotopic (exact) mass is 261 g/mol. The fourth-order valence-corrected chi connectivity index (χ4v) is 3.52. The smallest absolute Gasteiger partial charge is 0.228 e. The molecule has 1 aromatic rings. The average molecular weight is 261 g/mol. The number of hydrogen-bond donors (Lipinski definition) is 0. The van der Waals surface area contributed by atoms with E-state index in [2.05, 4.69) is 9.78 Å². The summed E-state index contributed by atoms with van der Waals surface area (Å²) in [6.45, 7) is 3.73. The van der Waals surface area contributed by atoms with Gasteiger partial charge in [0.15, 0.2) is 0 Å². The molecule has 3 heterocycles. The molecule has 102 valence electrons. The van der Waals surface area contributed by atoms with E-state index >= 15 is 0 Å². The molecule has 4 rings (SSSR count). The van der Waals surface area contributed by atoms with Crippen molar-refractivity contribution in [3.63, 3.8) is 0 Å². The first-order valence-corrected chi connectivity index (χ1v) is 7.27. The average Bonchev–Trinajstić information content (AvgIpc) is 3.14. The number of carbonyl (C=O) groups is 1. The summed E-state index contributed by atoms with van der Waals surface area (Å²) < 4.78 is 7.46. The molecule has 1 aliphatic carbocycles. The number of aromatic nitrogens is 2. The van der Waals surface area contributed by atoms with Crippen LogP contribution in [-0.4, -0.2) is 40.3 Å². The molecule has 2 aliphatic heterocycles. The van der Waals surface area contributed by atoms with E-state index in [4.69, 9.17) is 4.74 Å². The van der Waals surface area contributed by atoms with Crippen LogP contribution in [0.4, 0.5) is 0 Å². The van der Waals surface area contributed by atoms with Crippen LogP contribution < -0.4 is 0 Å². The third kappa shape index (κ3) is 1.79. The van der Waals surface area contributed by atoms with Crippen LogP contribution in [0.3, 0.4) is 0 Å². The van der Waals surface area contributed by atoms with Crippen molar-refractivity contribution in [1.82, 2.24) is 14.7 Å². The number of aryl methyl sites for hydroxylation is 1. The lowest BCUT2D eigenvalue weighted by molar-refractivity contribution is -0.137. The van der Waals surface area contributed by atoms with Crippen molar-refractivity contribution in [1.29, 1.82) is 0 Å². The van der Waals surface area contributed by atoms with Gasteiger partial charge >= 0.3 is 0 Å². The van der Waals surface area contributed by atoms with Crippen LogP contribution in [0.5, 0.6) is 0 Å². The molecule has 19 heavy (non-hydrogen) atoms. The number of carbonyl (C=O) groups excluding carboxylic acids is 1. The molecule has 0 bridgehead atoms. The number of amides is 1. The molecule has 1 saturated heterocycles. The van der Waals surface area contributed by atoms with Crippen molar-refractivity contribution >= 4 is 5.91 Å². The third-order valence-corrected chi connectivity index (χ3v) is 4.60. The van der Waals surface area contributed by atoms with Gasteiger partial charge in [0.1, 0.15) is 0 Å². The molecule has 0 aromatic carbocycles. The fourth-order valence-electron chi connectivity index (χ4n) is 3.52. The van der Waals surface area contributed by atoms with Crippen molar-refractivity contribution in [2.24, 2.45) is 5.92 Å². The summed E-state index contributed by atoms with van der Waals surface area (Å²) in [6, 6.07) is 0. The maximum Gasteiger partial charge on any atom is 0.228 e. The molecule has 5 nitrogen and oxygen atoms in total. The van der Waals surface area contributed by atoms with E-state index in [0.29, 0.717) is 6.61 Å². The summed E-state index contributed by atoms with van der Waals surface area (Å²) in [5.41, 5.74) is 3.97. The number of rotatable bonds is 1. The van der Waals surface area contributed by atoms with Crippen LogP contribution >= 0.6 is 0 Å². The van der Waals surface area contributed by atoms with Gasteiger partial charge < -0.3 is 9.64 Å². The number of nitrogens with zero attached hydrogens (tertiary/aromatic N) is 3. The Labute approximate surface area is 112 Å². The van der Waals surface area contributed by atoms with Gasteiger partial charge in [-0.25, -0.2) is 0 Å². The van der Waals surface area contributed by atoms with Crippen LogP contribution in [0.1, 0.15) is 29.8 Å². The second kappa shape index (κ2) is 4.34. The molecule has 0 unspecified atom stereocenters. The van der Waals surface area contributed by atoms with Gasteiger partial charge in [-0.3, -0.25) is 9.48 Å². The Morgan fingerprint density at radius 1 is 1.32 bits per heavy atom. The second-order valence-corrected chi connectivity index (χ2v) is 5.77. The topological polar surface area (TPSA) is 47.4 Å². The predicted octanol–water partition coefficient (Wildman–Crippen LogP) is 0.750. The highest BCUT2D eigenvalue weighted by Gasteiger charge is 2.32. The summed E-state index contributed by atoms with van der Waals surface area (Å²) in [6.07, 6.45) is 4.35. The van der Waals surface area contributed by atoms with E-state index in [1.807, 2.05) is 4.90 Å². The first-order chi connectivity index (χ1) is 9.33. The first-order valence-electron chi connectivity index (χ1n) is 7.27. The van der Waals surface area contributed by atoms with Gasteiger partial charge in [-0.15, -0.1) is 0 Å². The van der Waals surface area contributed by atoms with Crippen molar-refractivity contribution in [3.05, 3.63) is 17.0 Å². The van der Waals surface area contributed by atoms with E-state index in [9.17, 15) is 4.79 Å². The molecule has 1 atom stereocenters. The minimum Gasteiger partial charge on any atom is -0.381 e. The molecule has 1 aromatic heterocycles. The number of ether oxygens (including phenoxy) is 1. The molecule has 0 N–H and O–H groups in total. The van der Waals surface area contributed by atoms with Crippen molar-refractivity contribution < 1.29 is 9.53 Å². The number of fused-ring (bicyclic) bond motifs is 3. The lowest BCUT2D eigenvalue weighted by Gasteiger charge is -2.30. The molecule has 1 amide bonds. The predicted molar refractivity (Wildman–Crippen MR) is 68.6 cm³/mol. The van der Waals surface area contributed by atoms with Gasteiger partial charge in [0.25, 0.3) is 0 Å². The third-order valence-electron chi connectivity index (χ3n) is 4.60. The van der Waals surface area contributed by atoms with Crippen LogP contribution in [0, 0.1) is 5.92 Å². The van der Waals surface area contributed by atoms with E-state index in [0.717, 1.165) is 45.5 Å². The lowest BCUT2D eigenvalue weighted by atomic mass is 10.1. The van der Waals surface area contributed by atoms with Crippen molar-refractivity contribution in [2.75, 3.05) is 19.8 Å². The highest BCUT2D eigenvalue weighted by Crippen LogP contribution is 2.28. The van der Waals surface area contributed by atoms with E-state index in [1.54, 1.807) is 0 Å². The van der Waals surface area contributed by atoms with Gasteiger partial charge in [0.05, 0.1) is 37.0 Å². The fraction of sp³-hybridized carbons (Fsp3) is 0.714. The molecular weight excluding hydrogens is 242 g/mol. The van der Waals surface area contributed by atoms with Gasteiger partial charge in [-0.1, -0.05) is 0 Å². The minimum absolute atomic E-state index is 0.0857. The quantitative estimate of drug-likeness (QED) is 0.749. The maximum absolute atomic E-state index is 12.4. The van der Waals surface area contributed by atoms with Gasteiger partial charge in [-0.05, 0) is 31.2 Å². The Morgan fingerprint density at radius 2 is 2.26 bits per heavy atom. The molecule has 0 spiro atoms. The van der Waals surface area contributed by atoms with Crippen LogP contribution in [0.15, 0.2) is 0 Å². The lowest BCUT2D eigenvalue weighted by Crippen LogP contribution is -2.42. The molecule has 0 saturated carbocycles. The molecule has 5 heteroatoms. The van der Waals surface area contributed by atoms with Crippen LogP contribution in [-0.2, 0) is 35.5 Å². The first kappa shape index (κ1) is 11.5. The Kier molecular flexibility index (Phi) is 2.62. The van der Waals surface area contributed by atoms with Crippen LogP contribution in [0.25, 0.3) is 0 Å². The Bertz CT molecular complexity index is 517. The highest BCUT2D eigenvalue weighted by molar-refractivity contribution is 5.79. The SMILES string of the molecule is O=C([C@@H]1CCOC1)N1CCn2nc3c(c2C1)CCC3. The zero-order chi connectivity index (χ0) is 12.8. The molecule has 1 fully saturated rings. The second-order valence-electron chi connectivity index (χ2n) is 5.77. The van der Waals surface area contributed by atoms with Gasteiger partial charge in [0.2, 0.25) is 5.91 Å².